The second-order valence-electron chi connectivity index (χ2n) is 3.37. The van der Waals surface area contributed by atoms with Crippen molar-refractivity contribution in [2.24, 2.45) is 0 Å². The minimum atomic E-state index is -0.400. The molecule has 0 fully saturated rings. The molecule has 0 aliphatic carbocycles. The Morgan fingerprint density at radius 2 is 1.94 bits per heavy atom. The number of carbonyl (C=O) groups excluding carboxylic acids is 2. The highest BCUT2D eigenvalue weighted by atomic mass is 16.6. The number of rotatable bonds is 6. The lowest BCUT2D eigenvalue weighted by molar-refractivity contribution is -0.138. The minimum Gasteiger partial charge on any atom is -0.299 e. The van der Waals surface area contributed by atoms with Crippen molar-refractivity contribution < 1.29 is 14.4 Å². The number of Topliss-reactive ketones (excluding diaryl/α,β-unsaturated/α-hetero) is 1. The van der Waals surface area contributed by atoms with Crippen LogP contribution in [0.25, 0.3) is 0 Å². The van der Waals surface area contributed by atoms with Gasteiger partial charge in [0.25, 0.3) is 5.91 Å². The summed E-state index contributed by atoms with van der Waals surface area (Å²) in [5.74, 6) is -0.497. The molecule has 0 bridgehead atoms. The molecule has 1 aromatic carbocycles. The van der Waals surface area contributed by atoms with Crippen molar-refractivity contribution in [3.63, 3.8) is 0 Å². The van der Waals surface area contributed by atoms with Crippen LogP contribution in [0.15, 0.2) is 30.3 Å². The Hall–Kier alpha value is -1.68. The third-order valence-corrected chi connectivity index (χ3v) is 2.02. The molecule has 86 valence electrons. The van der Waals surface area contributed by atoms with E-state index in [0.717, 1.165) is 5.56 Å². The largest absolute Gasteiger partial charge is 0.299 e. The first-order valence-corrected chi connectivity index (χ1v) is 5.18. The van der Waals surface area contributed by atoms with Crippen LogP contribution in [0.2, 0.25) is 0 Å². The van der Waals surface area contributed by atoms with Gasteiger partial charge in [-0.05, 0) is 5.56 Å². The van der Waals surface area contributed by atoms with Crippen LogP contribution in [0.5, 0.6) is 0 Å². The first-order valence-electron chi connectivity index (χ1n) is 5.18. The van der Waals surface area contributed by atoms with E-state index in [0.29, 0.717) is 13.0 Å². The zero-order chi connectivity index (χ0) is 11.8. The van der Waals surface area contributed by atoms with E-state index < -0.39 is 5.91 Å². The smallest absolute Gasteiger partial charge is 0.250 e. The minimum absolute atomic E-state index is 0.0965. The molecule has 0 aliphatic heterocycles. The highest BCUT2D eigenvalue weighted by Crippen LogP contribution is 1.99. The first kappa shape index (κ1) is 12.4. The monoisotopic (exact) mass is 221 g/mol. The molecule has 0 aromatic heterocycles. The van der Waals surface area contributed by atoms with Gasteiger partial charge in [-0.3, -0.25) is 14.4 Å². The molecule has 16 heavy (non-hydrogen) atoms. The summed E-state index contributed by atoms with van der Waals surface area (Å²) in [6, 6.07) is 9.47. The van der Waals surface area contributed by atoms with Crippen molar-refractivity contribution in [3.8, 4) is 0 Å². The van der Waals surface area contributed by atoms with E-state index in [4.69, 9.17) is 4.84 Å². The fraction of sp³-hybridized carbons (Fsp3) is 0.333. The van der Waals surface area contributed by atoms with E-state index in [1.807, 2.05) is 30.3 Å². The van der Waals surface area contributed by atoms with Crippen LogP contribution in [-0.4, -0.2) is 11.7 Å². The number of ketones is 1. The number of amides is 1. The van der Waals surface area contributed by atoms with E-state index >= 15 is 0 Å². The summed E-state index contributed by atoms with van der Waals surface area (Å²) in [4.78, 5) is 27.1. The van der Waals surface area contributed by atoms with Gasteiger partial charge in [0.2, 0.25) is 0 Å². The zero-order valence-corrected chi connectivity index (χ0v) is 9.23. The molecule has 0 unspecified atom stereocenters. The average Bonchev–Trinajstić information content (AvgIpc) is 2.30. The van der Waals surface area contributed by atoms with Gasteiger partial charge in [-0.25, -0.2) is 5.48 Å². The summed E-state index contributed by atoms with van der Waals surface area (Å²) >= 11 is 0. The lowest BCUT2D eigenvalue weighted by Gasteiger charge is -2.04. The van der Waals surface area contributed by atoms with Gasteiger partial charge in [0.05, 0.1) is 13.0 Å². The maximum atomic E-state index is 11.1. The number of hydrogen-bond donors (Lipinski definition) is 1. The number of nitrogens with one attached hydrogen (secondary N) is 1. The van der Waals surface area contributed by atoms with Crippen molar-refractivity contribution in [1.82, 2.24) is 5.48 Å². The summed E-state index contributed by atoms with van der Waals surface area (Å²) in [6.45, 7) is 2.02. The highest BCUT2D eigenvalue weighted by molar-refractivity contribution is 5.97. The second-order valence-corrected chi connectivity index (χ2v) is 3.37. The van der Waals surface area contributed by atoms with Gasteiger partial charge >= 0.3 is 0 Å². The molecule has 0 saturated carbocycles. The van der Waals surface area contributed by atoms with E-state index in [-0.39, 0.29) is 12.2 Å². The predicted molar refractivity (Wildman–Crippen MR) is 59.3 cm³/mol. The number of benzene rings is 1. The quantitative estimate of drug-likeness (QED) is 0.586. The van der Waals surface area contributed by atoms with Gasteiger partial charge in [0, 0.05) is 6.42 Å². The summed E-state index contributed by atoms with van der Waals surface area (Å²) in [7, 11) is 0. The topological polar surface area (TPSA) is 55.4 Å². The molecule has 1 rings (SSSR count). The molecule has 0 atom stereocenters. The van der Waals surface area contributed by atoms with Crippen molar-refractivity contribution in [3.05, 3.63) is 35.9 Å². The molecule has 0 spiro atoms. The van der Waals surface area contributed by atoms with Crippen LogP contribution in [0.1, 0.15) is 25.3 Å². The van der Waals surface area contributed by atoms with Gasteiger partial charge in [-0.2, -0.15) is 0 Å². The Bertz CT molecular complexity index is 349. The lowest BCUT2D eigenvalue weighted by Crippen LogP contribution is -2.25. The van der Waals surface area contributed by atoms with Crippen LogP contribution in [0.3, 0.4) is 0 Å². The molecular formula is C12H15NO3. The van der Waals surface area contributed by atoms with Gasteiger partial charge in [0.1, 0.15) is 5.78 Å². The van der Waals surface area contributed by atoms with Crippen molar-refractivity contribution in [2.45, 2.75) is 26.4 Å². The Morgan fingerprint density at radius 1 is 1.25 bits per heavy atom. The maximum Gasteiger partial charge on any atom is 0.250 e. The van der Waals surface area contributed by atoms with Crippen LogP contribution in [-0.2, 0) is 21.0 Å². The Kier molecular flexibility index (Phi) is 5.22. The van der Waals surface area contributed by atoms with E-state index in [2.05, 4.69) is 5.48 Å². The zero-order valence-electron chi connectivity index (χ0n) is 9.23. The third kappa shape index (κ3) is 4.70. The molecular weight excluding hydrogens is 206 g/mol. The van der Waals surface area contributed by atoms with Crippen molar-refractivity contribution in [1.29, 1.82) is 0 Å². The molecule has 1 N–H and O–H groups in total. The van der Waals surface area contributed by atoms with Crippen molar-refractivity contribution in [2.75, 3.05) is 0 Å². The second kappa shape index (κ2) is 6.74. The molecule has 1 aromatic rings. The van der Waals surface area contributed by atoms with Gasteiger partial charge in [-0.1, -0.05) is 37.3 Å². The van der Waals surface area contributed by atoms with Crippen LogP contribution in [0.4, 0.5) is 0 Å². The summed E-state index contributed by atoms with van der Waals surface area (Å²) < 4.78 is 0. The highest BCUT2D eigenvalue weighted by Gasteiger charge is 2.06. The van der Waals surface area contributed by atoms with Crippen LogP contribution >= 0.6 is 0 Å². The predicted octanol–water partition coefficient (Wildman–Crippen LogP) is 1.60. The van der Waals surface area contributed by atoms with Crippen LogP contribution < -0.4 is 5.48 Å². The number of hydrogen-bond acceptors (Lipinski definition) is 3. The standard InChI is InChI=1S/C12H15NO3/c1-2-11(14)8-12(15)13-16-9-10-6-4-3-5-7-10/h3-7H,2,8-9H2,1H3,(H,13,15). The Balaban J connectivity index is 2.21. The lowest BCUT2D eigenvalue weighted by atomic mass is 10.2. The van der Waals surface area contributed by atoms with Crippen molar-refractivity contribution >= 4 is 11.7 Å². The summed E-state index contributed by atoms with van der Waals surface area (Å²) in [5, 5.41) is 0. The normalized spacial score (nSPS) is 9.81. The van der Waals surface area contributed by atoms with Gasteiger partial charge in [0.15, 0.2) is 0 Å². The molecule has 4 nitrogen and oxygen atoms in total. The number of hydroxylamine groups is 1. The molecule has 0 radical (unpaired) electrons. The fourth-order valence-corrected chi connectivity index (χ4v) is 1.11. The number of carbonyl (C=O) groups is 2. The maximum absolute atomic E-state index is 11.1. The Morgan fingerprint density at radius 3 is 2.56 bits per heavy atom. The van der Waals surface area contributed by atoms with E-state index in [1.165, 1.54) is 0 Å². The van der Waals surface area contributed by atoms with E-state index in [1.54, 1.807) is 6.92 Å². The van der Waals surface area contributed by atoms with Gasteiger partial charge in [-0.15, -0.1) is 0 Å². The third-order valence-electron chi connectivity index (χ3n) is 2.02. The molecule has 0 heterocycles. The molecule has 0 aliphatic rings. The fourth-order valence-electron chi connectivity index (χ4n) is 1.11. The summed E-state index contributed by atoms with van der Waals surface area (Å²) in [5.41, 5.74) is 3.20. The molecule has 1 amide bonds. The molecule has 0 saturated heterocycles. The van der Waals surface area contributed by atoms with E-state index in [9.17, 15) is 9.59 Å². The first-order chi connectivity index (χ1) is 7.72. The summed E-state index contributed by atoms with van der Waals surface area (Å²) in [6.07, 6.45) is 0.247. The Labute approximate surface area is 94.6 Å². The average molecular weight is 221 g/mol. The SMILES string of the molecule is CCC(=O)CC(=O)NOCc1ccccc1. The van der Waals surface area contributed by atoms with Gasteiger partial charge < -0.3 is 0 Å². The molecule has 4 heteroatoms. The van der Waals surface area contributed by atoms with Crippen LogP contribution in [0, 0.1) is 0 Å².